The average Bonchev–Trinajstić information content (AvgIpc) is 2.35. The van der Waals surface area contributed by atoms with E-state index in [4.69, 9.17) is 5.21 Å². The number of hydrogen-bond donors (Lipinski definition) is 2. The van der Waals surface area contributed by atoms with Crippen molar-refractivity contribution in [3.63, 3.8) is 0 Å². The van der Waals surface area contributed by atoms with E-state index in [-0.39, 0.29) is 31.0 Å². The number of amides is 1. The summed E-state index contributed by atoms with van der Waals surface area (Å²) in [7, 11) is 0. The average molecular weight is 239 g/mol. The molecule has 0 saturated heterocycles. The first-order valence-electron chi connectivity index (χ1n) is 4.63. The summed E-state index contributed by atoms with van der Waals surface area (Å²) in [4.78, 5) is 19.2. The number of para-hydroxylation sites is 2. The number of nitrogens with one attached hydrogen (secondary N) is 1. The molecule has 2 aromatic rings. The molecule has 0 bridgehead atoms. The van der Waals surface area contributed by atoms with Gasteiger partial charge in [-0.2, -0.15) is 0 Å². The van der Waals surface area contributed by atoms with Gasteiger partial charge in [0.2, 0.25) is 0 Å². The van der Waals surface area contributed by atoms with Gasteiger partial charge in [0.25, 0.3) is 5.91 Å². The first-order valence-corrected chi connectivity index (χ1v) is 4.63. The van der Waals surface area contributed by atoms with Gasteiger partial charge in [0, 0.05) is 6.08 Å². The Bertz CT molecular complexity index is 563. The van der Waals surface area contributed by atoms with Crippen LogP contribution in [0.25, 0.3) is 17.1 Å². The Labute approximate surface area is 121 Å². The van der Waals surface area contributed by atoms with Gasteiger partial charge in [0.05, 0.1) is 22.9 Å². The molecule has 0 unspecified atom stereocenters. The molecule has 1 heterocycles. The number of nitrogens with zero attached hydrogens (tertiary/aromatic N) is 2. The van der Waals surface area contributed by atoms with E-state index in [1.165, 1.54) is 17.6 Å². The zero-order valence-corrected chi connectivity index (χ0v) is 11.3. The Morgan fingerprint density at radius 2 is 2.06 bits per heavy atom. The van der Waals surface area contributed by atoms with Crippen LogP contribution in [-0.2, 0) is 4.79 Å². The zero-order chi connectivity index (χ0) is 11.4. The van der Waals surface area contributed by atoms with Gasteiger partial charge in [-0.3, -0.25) is 15.0 Å². The van der Waals surface area contributed by atoms with Crippen molar-refractivity contribution in [3.05, 3.63) is 42.2 Å². The molecular weight excluding hydrogens is 229 g/mol. The third kappa shape index (κ3) is 3.61. The van der Waals surface area contributed by atoms with E-state index in [2.05, 4.69) is 9.97 Å². The molecule has 1 aromatic carbocycles. The number of carbonyl (C=O) groups excluding carboxylic acids is 1. The molecule has 82 valence electrons. The molecule has 1 aromatic heterocycles. The molecule has 0 aliphatic carbocycles. The fraction of sp³-hybridized carbons (Fsp3) is 0. The minimum atomic E-state index is -0.602. The van der Waals surface area contributed by atoms with Crippen LogP contribution >= 0.6 is 0 Å². The minimum absolute atomic E-state index is 0. The summed E-state index contributed by atoms with van der Waals surface area (Å²) in [5, 5.41) is 8.30. The second kappa shape index (κ2) is 6.46. The molecule has 2 rings (SSSR count). The molecular formula is C11H10N3NaO2. The maximum Gasteiger partial charge on any atom is 1.00 e. The number of rotatable bonds is 2. The van der Waals surface area contributed by atoms with Crippen molar-refractivity contribution in [2.45, 2.75) is 0 Å². The fourth-order valence-corrected chi connectivity index (χ4v) is 1.25. The second-order valence-corrected chi connectivity index (χ2v) is 3.09. The Balaban J connectivity index is 0.00000144. The SMILES string of the molecule is O=C(C=Cc1cnc2ccccc2n1)NO.[H-].[Na+]. The van der Waals surface area contributed by atoms with Gasteiger partial charge in [-0.1, -0.05) is 12.1 Å². The van der Waals surface area contributed by atoms with Gasteiger partial charge >= 0.3 is 29.6 Å². The van der Waals surface area contributed by atoms with Crippen molar-refractivity contribution >= 4 is 23.0 Å². The van der Waals surface area contributed by atoms with Crippen LogP contribution in [-0.4, -0.2) is 21.1 Å². The Kier molecular flexibility index (Phi) is 5.24. The molecule has 0 radical (unpaired) electrons. The van der Waals surface area contributed by atoms with Crippen LogP contribution in [0.3, 0.4) is 0 Å². The van der Waals surface area contributed by atoms with Gasteiger partial charge in [-0.25, -0.2) is 10.5 Å². The maximum absolute atomic E-state index is 10.8. The molecule has 0 saturated carbocycles. The molecule has 0 fully saturated rings. The molecule has 2 N–H and O–H groups in total. The van der Waals surface area contributed by atoms with E-state index >= 15 is 0 Å². The number of aromatic nitrogens is 2. The monoisotopic (exact) mass is 239 g/mol. The summed E-state index contributed by atoms with van der Waals surface area (Å²) in [6, 6.07) is 7.44. The molecule has 0 atom stereocenters. The smallest absolute Gasteiger partial charge is 1.00 e. The molecule has 17 heavy (non-hydrogen) atoms. The Hall–Kier alpha value is -1.27. The van der Waals surface area contributed by atoms with E-state index in [1.807, 2.05) is 24.3 Å². The van der Waals surface area contributed by atoms with Crippen LogP contribution in [0.4, 0.5) is 0 Å². The number of carbonyl (C=O) groups is 1. The molecule has 5 nitrogen and oxygen atoms in total. The van der Waals surface area contributed by atoms with E-state index < -0.39 is 5.91 Å². The normalized spacial score (nSPS) is 10.2. The van der Waals surface area contributed by atoms with Crippen molar-refractivity contribution in [1.29, 1.82) is 0 Å². The van der Waals surface area contributed by atoms with Gasteiger partial charge in [0.1, 0.15) is 0 Å². The third-order valence-electron chi connectivity index (χ3n) is 1.98. The summed E-state index contributed by atoms with van der Waals surface area (Å²) in [6.07, 6.45) is 4.22. The first-order chi connectivity index (χ1) is 7.79. The second-order valence-electron chi connectivity index (χ2n) is 3.09. The van der Waals surface area contributed by atoms with Gasteiger partial charge in [-0.15, -0.1) is 0 Å². The Morgan fingerprint density at radius 1 is 1.35 bits per heavy atom. The Morgan fingerprint density at radius 3 is 2.76 bits per heavy atom. The van der Waals surface area contributed by atoms with Crippen LogP contribution in [0, 0.1) is 0 Å². The number of hydroxylamine groups is 1. The topological polar surface area (TPSA) is 75.1 Å². The zero-order valence-electron chi connectivity index (χ0n) is 10.3. The van der Waals surface area contributed by atoms with Gasteiger partial charge in [-0.05, 0) is 18.2 Å². The van der Waals surface area contributed by atoms with E-state index in [0.29, 0.717) is 5.69 Å². The van der Waals surface area contributed by atoms with E-state index in [9.17, 15) is 4.79 Å². The number of benzene rings is 1. The van der Waals surface area contributed by atoms with Gasteiger partial charge < -0.3 is 1.43 Å². The van der Waals surface area contributed by atoms with Crippen LogP contribution in [0.15, 0.2) is 36.5 Å². The number of fused-ring (bicyclic) bond motifs is 1. The number of hydrogen-bond acceptors (Lipinski definition) is 4. The summed E-state index contributed by atoms with van der Waals surface area (Å²) < 4.78 is 0. The van der Waals surface area contributed by atoms with E-state index in [0.717, 1.165) is 11.0 Å². The van der Waals surface area contributed by atoms with Gasteiger partial charge in [0.15, 0.2) is 0 Å². The summed E-state index contributed by atoms with van der Waals surface area (Å²) in [5.74, 6) is -0.602. The van der Waals surface area contributed by atoms with Crippen molar-refractivity contribution in [2.24, 2.45) is 0 Å². The summed E-state index contributed by atoms with van der Waals surface area (Å²) in [5.41, 5.74) is 3.61. The third-order valence-corrected chi connectivity index (χ3v) is 1.98. The van der Waals surface area contributed by atoms with Crippen LogP contribution in [0.5, 0.6) is 0 Å². The fourth-order valence-electron chi connectivity index (χ4n) is 1.25. The predicted octanol–water partition coefficient (Wildman–Crippen LogP) is -1.74. The molecule has 1 amide bonds. The van der Waals surface area contributed by atoms with Crippen LogP contribution in [0.2, 0.25) is 0 Å². The molecule has 0 aliphatic heterocycles. The van der Waals surface area contributed by atoms with Crippen molar-refractivity contribution in [2.75, 3.05) is 0 Å². The molecule has 0 spiro atoms. The molecule has 6 heteroatoms. The summed E-state index contributed by atoms with van der Waals surface area (Å²) >= 11 is 0. The van der Waals surface area contributed by atoms with Crippen LogP contribution < -0.4 is 35.0 Å². The van der Waals surface area contributed by atoms with Crippen molar-refractivity contribution in [3.8, 4) is 0 Å². The largest absolute Gasteiger partial charge is 1.00 e. The molecule has 0 aliphatic rings. The van der Waals surface area contributed by atoms with E-state index in [1.54, 1.807) is 6.20 Å². The van der Waals surface area contributed by atoms with Crippen molar-refractivity contribution in [1.82, 2.24) is 15.4 Å². The first kappa shape index (κ1) is 13.8. The summed E-state index contributed by atoms with van der Waals surface area (Å²) in [6.45, 7) is 0. The quantitative estimate of drug-likeness (QED) is 0.282. The maximum atomic E-state index is 10.8. The van der Waals surface area contributed by atoms with Crippen LogP contribution in [0.1, 0.15) is 7.12 Å². The predicted molar refractivity (Wildman–Crippen MR) is 59.6 cm³/mol. The standard InChI is InChI=1S/C11H9N3O2.Na.H/c15-11(14-16)6-5-8-7-12-9-3-1-2-4-10(9)13-8;;/h1-7,16H,(H,14,15);;/q;+1;-1. The van der Waals surface area contributed by atoms with Crippen molar-refractivity contribution < 1.29 is 41.0 Å². The minimum Gasteiger partial charge on any atom is -1.00 e.